The van der Waals surface area contributed by atoms with Gasteiger partial charge in [-0.1, -0.05) is 0 Å². The van der Waals surface area contributed by atoms with Gasteiger partial charge in [0.2, 0.25) is 0 Å². The monoisotopic (exact) mass is 162 g/mol. The van der Waals surface area contributed by atoms with Crippen LogP contribution in [0.2, 0.25) is 0 Å². The second-order valence-electron chi connectivity index (χ2n) is 3.03. The third-order valence-corrected chi connectivity index (χ3v) is 2.28. The lowest BCUT2D eigenvalue weighted by Crippen LogP contribution is -2.53. The minimum absolute atomic E-state index is 0.497. The minimum atomic E-state index is -1.30. The minimum Gasteiger partial charge on any atom is -0.387 e. The Bertz CT molecular complexity index is 154. The molecular formula is C6H10O5. The van der Waals surface area contributed by atoms with Gasteiger partial charge >= 0.3 is 0 Å². The van der Waals surface area contributed by atoms with Crippen molar-refractivity contribution in [1.82, 2.24) is 0 Å². The fourth-order valence-corrected chi connectivity index (χ4v) is 1.48. The lowest BCUT2D eigenvalue weighted by Gasteiger charge is -2.28. The molecule has 0 unspecified atom stereocenters. The van der Waals surface area contributed by atoms with Crippen LogP contribution in [0, 0.1) is 0 Å². The first kappa shape index (κ1) is 7.45. The van der Waals surface area contributed by atoms with Crippen LogP contribution in [0.25, 0.3) is 0 Å². The lowest BCUT2D eigenvalue weighted by molar-refractivity contribution is -0.121. The largest absolute Gasteiger partial charge is 0.387 e. The van der Waals surface area contributed by atoms with Crippen molar-refractivity contribution in [3.05, 3.63) is 0 Å². The summed E-state index contributed by atoms with van der Waals surface area (Å²) in [5.41, 5.74) is 0. The highest BCUT2D eigenvalue weighted by Gasteiger charge is 2.59. The zero-order valence-corrected chi connectivity index (χ0v) is 5.66. The van der Waals surface area contributed by atoms with Gasteiger partial charge in [-0.3, -0.25) is 0 Å². The summed E-state index contributed by atoms with van der Waals surface area (Å²) in [6.07, 6.45) is -5.73. The number of aliphatic hydroxyl groups is 4. The number of hydrogen-bond acceptors (Lipinski definition) is 5. The van der Waals surface area contributed by atoms with Crippen LogP contribution in [0.15, 0.2) is 0 Å². The number of hydrogen-bond donors (Lipinski definition) is 4. The molecule has 1 saturated carbocycles. The van der Waals surface area contributed by atoms with E-state index < -0.39 is 36.6 Å². The predicted molar refractivity (Wildman–Crippen MR) is 32.7 cm³/mol. The normalized spacial score (nSPS) is 62.2. The molecule has 6 atom stereocenters. The topological polar surface area (TPSA) is 93.5 Å². The van der Waals surface area contributed by atoms with Crippen molar-refractivity contribution in [3.63, 3.8) is 0 Å². The Morgan fingerprint density at radius 1 is 0.636 bits per heavy atom. The molecular weight excluding hydrogens is 152 g/mol. The highest BCUT2D eigenvalue weighted by molar-refractivity contribution is 5.07. The predicted octanol–water partition coefficient (Wildman–Crippen LogP) is -2.79. The van der Waals surface area contributed by atoms with E-state index in [9.17, 15) is 0 Å². The molecule has 1 aliphatic heterocycles. The van der Waals surface area contributed by atoms with Crippen LogP contribution in [-0.2, 0) is 4.74 Å². The van der Waals surface area contributed by atoms with E-state index in [-0.39, 0.29) is 0 Å². The Morgan fingerprint density at radius 3 is 1.36 bits per heavy atom. The molecule has 11 heavy (non-hydrogen) atoms. The van der Waals surface area contributed by atoms with Crippen LogP contribution in [0.5, 0.6) is 0 Å². The zero-order chi connectivity index (χ0) is 8.17. The summed E-state index contributed by atoms with van der Waals surface area (Å²) in [5, 5.41) is 36.4. The molecule has 5 heteroatoms. The van der Waals surface area contributed by atoms with E-state index >= 15 is 0 Å². The number of aliphatic hydroxyl groups excluding tert-OH is 4. The number of epoxide rings is 1. The van der Waals surface area contributed by atoms with E-state index in [4.69, 9.17) is 25.2 Å². The summed E-state index contributed by atoms with van der Waals surface area (Å²) in [7, 11) is 0. The molecule has 64 valence electrons. The molecule has 0 amide bonds. The molecule has 0 bridgehead atoms. The van der Waals surface area contributed by atoms with Crippen molar-refractivity contribution < 1.29 is 25.2 Å². The molecule has 5 nitrogen and oxygen atoms in total. The first-order valence-electron chi connectivity index (χ1n) is 3.50. The molecule has 0 spiro atoms. The van der Waals surface area contributed by atoms with Gasteiger partial charge in [-0.25, -0.2) is 0 Å². The van der Waals surface area contributed by atoms with Crippen LogP contribution in [0.3, 0.4) is 0 Å². The summed E-state index contributed by atoms with van der Waals surface area (Å²) in [4.78, 5) is 0. The van der Waals surface area contributed by atoms with Crippen molar-refractivity contribution in [2.45, 2.75) is 36.6 Å². The fraction of sp³-hybridized carbons (Fsp3) is 1.00. The average Bonchev–Trinajstić information content (AvgIpc) is 2.76. The van der Waals surface area contributed by atoms with Crippen LogP contribution < -0.4 is 0 Å². The Kier molecular flexibility index (Phi) is 1.45. The molecule has 1 aliphatic carbocycles. The van der Waals surface area contributed by atoms with Gasteiger partial charge in [0.15, 0.2) is 0 Å². The lowest BCUT2D eigenvalue weighted by atomic mass is 9.90. The van der Waals surface area contributed by atoms with E-state index in [0.717, 1.165) is 0 Å². The van der Waals surface area contributed by atoms with Crippen molar-refractivity contribution in [2.24, 2.45) is 0 Å². The van der Waals surface area contributed by atoms with Crippen molar-refractivity contribution in [1.29, 1.82) is 0 Å². The van der Waals surface area contributed by atoms with Crippen LogP contribution in [0.4, 0.5) is 0 Å². The highest BCUT2D eigenvalue weighted by Crippen LogP contribution is 2.37. The van der Waals surface area contributed by atoms with Crippen molar-refractivity contribution in [3.8, 4) is 0 Å². The first-order valence-corrected chi connectivity index (χ1v) is 3.50. The second kappa shape index (κ2) is 2.15. The highest BCUT2D eigenvalue weighted by atomic mass is 16.6. The standard InChI is InChI=1S/C6H10O5/c7-1-2(8)4(10)6-5(11-6)3(1)9/h1-10H/t1-,2-,3-,4+,5+,6-/m1/s1. The average molecular weight is 162 g/mol. The molecule has 2 fully saturated rings. The van der Waals surface area contributed by atoms with Gasteiger partial charge in [-0.2, -0.15) is 0 Å². The molecule has 1 heterocycles. The van der Waals surface area contributed by atoms with Gasteiger partial charge in [-0.05, 0) is 0 Å². The molecule has 0 aromatic heterocycles. The SMILES string of the molecule is O[C@@H]1[C@@H](O)[C@H](O)[C@H]2O[C@H]2[C@@H]1O. The van der Waals surface area contributed by atoms with Gasteiger partial charge in [0.05, 0.1) is 0 Å². The third-order valence-electron chi connectivity index (χ3n) is 2.28. The summed E-state index contributed by atoms with van der Waals surface area (Å²) >= 11 is 0. The molecule has 4 N–H and O–H groups in total. The quantitative estimate of drug-likeness (QED) is 0.289. The van der Waals surface area contributed by atoms with Gasteiger partial charge < -0.3 is 25.2 Å². The molecule has 2 rings (SSSR count). The van der Waals surface area contributed by atoms with E-state index in [1.165, 1.54) is 0 Å². The number of ether oxygens (including phenoxy) is 1. The van der Waals surface area contributed by atoms with E-state index in [1.807, 2.05) is 0 Å². The van der Waals surface area contributed by atoms with Crippen LogP contribution in [-0.4, -0.2) is 57.0 Å². The Morgan fingerprint density at radius 2 is 1.00 bits per heavy atom. The maximum atomic E-state index is 9.13. The van der Waals surface area contributed by atoms with Gasteiger partial charge in [0.1, 0.15) is 36.6 Å². The van der Waals surface area contributed by atoms with Crippen LogP contribution >= 0.6 is 0 Å². The summed E-state index contributed by atoms with van der Waals surface area (Å²) < 4.78 is 4.82. The summed E-state index contributed by atoms with van der Waals surface area (Å²) in [6.45, 7) is 0. The molecule has 1 saturated heterocycles. The van der Waals surface area contributed by atoms with E-state index in [0.29, 0.717) is 0 Å². The Balaban J connectivity index is 2.13. The summed E-state index contributed by atoms with van der Waals surface area (Å²) in [6, 6.07) is 0. The third kappa shape index (κ3) is 0.896. The van der Waals surface area contributed by atoms with Gasteiger partial charge in [0.25, 0.3) is 0 Å². The van der Waals surface area contributed by atoms with Gasteiger partial charge in [0, 0.05) is 0 Å². The molecule has 0 radical (unpaired) electrons. The number of rotatable bonds is 0. The number of fused-ring (bicyclic) bond motifs is 1. The van der Waals surface area contributed by atoms with E-state index in [1.54, 1.807) is 0 Å². The molecule has 0 aromatic carbocycles. The fourth-order valence-electron chi connectivity index (χ4n) is 1.48. The van der Waals surface area contributed by atoms with E-state index in [2.05, 4.69) is 0 Å². The zero-order valence-electron chi connectivity index (χ0n) is 5.66. The Hall–Kier alpha value is -0.200. The molecule has 0 aromatic rings. The maximum absolute atomic E-state index is 9.13. The van der Waals surface area contributed by atoms with Crippen LogP contribution in [0.1, 0.15) is 0 Å². The van der Waals surface area contributed by atoms with Crippen molar-refractivity contribution in [2.75, 3.05) is 0 Å². The van der Waals surface area contributed by atoms with Gasteiger partial charge in [-0.15, -0.1) is 0 Å². The van der Waals surface area contributed by atoms with Crippen molar-refractivity contribution >= 4 is 0 Å². The molecule has 2 aliphatic rings. The smallest absolute Gasteiger partial charge is 0.115 e. The second-order valence-corrected chi connectivity index (χ2v) is 3.03. The maximum Gasteiger partial charge on any atom is 0.115 e. The Labute approximate surface area is 62.8 Å². The first-order chi connectivity index (χ1) is 5.13. The summed E-state index contributed by atoms with van der Waals surface area (Å²) in [5.74, 6) is 0.